The first-order valence-electron chi connectivity index (χ1n) is 7.10. The Bertz CT molecular complexity index is 560. The summed E-state index contributed by atoms with van der Waals surface area (Å²) in [7, 11) is 1.72. The summed E-state index contributed by atoms with van der Waals surface area (Å²) in [6.07, 6.45) is 1.000. The van der Waals surface area contributed by atoms with Gasteiger partial charge in [0.25, 0.3) is 0 Å². The van der Waals surface area contributed by atoms with Crippen LogP contribution in [0.5, 0.6) is 5.75 Å². The van der Waals surface area contributed by atoms with E-state index in [0.29, 0.717) is 12.5 Å². The van der Waals surface area contributed by atoms with Crippen molar-refractivity contribution in [2.45, 2.75) is 26.2 Å². The van der Waals surface area contributed by atoms with E-state index in [0.717, 1.165) is 17.7 Å². The first kappa shape index (κ1) is 14.6. The molecule has 2 aromatic rings. The molecule has 0 aliphatic rings. The zero-order valence-electron chi connectivity index (χ0n) is 12.5. The maximum absolute atomic E-state index is 5.66. The third kappa shape index (κ3) is 3.20. The van der Waals surface area contributed by atoms with Crippen molar-refractivity contribution in [1.82, 2.24) is 0 Å². The average Bonchev–Trinajstić information content (AvgIpc) is 2.47. The Kier molecular flexibility index (Phi) is 4.80. The zero-order chi connectivity index (χ0) is 14.5. The molecule has 2 N–H and O–H groups in total. The normalized spacial score (nSPS) is 12.2. The topological polar surface area (TPSA) is 35.2 Å². The summed E-state index contributed by atoms with van der Waals surface area (Å²) < 4.78 is 5.50. The second-order valence-electron chi connectivity index (χ2n) is 5.30. The summed E-state index contributed by atoms with van der Waals surface area (Å²) in [4.78, 5) is 0. The minimum atomic E-state index is 0.468. The van der Waals surface area contributed by atoms with E-state index in [9.17, 15) is 0 Å². The standard InChI is InChI=1S/C18H23NO/c1-13-4-6-15(7-5-13)17-12-16(14(2)10-11-19)8-9-18(17)20-3/h4-9,12,14H,10-11,19H2,1-3H3. The largest absolute Gasteiger partial charge is 0.496 e. The van der Waals surface area contributed by atoms with E-state index in [1.807, 2.05) is 0 Å². The monoisotopic (exact) mass is 269 g/mol. The van der Waals surface area contributed by atoms with Crippen molar-refractivity contribution in [1.29, 1.82) is 0 Å². The van der Waals surface area contributed by atoms with Crippen LogP contribution in [0.2, 0.25) is 0 Å². The van der Waals surface area contributed by atoms with Crippen LogP contribution in [0, 0.1) is 6.92 Å². The lowest BCUT2D eigenvalue weighted by atomic mass is 9.93. The Morgan fingerprint density at radius 1 is 1.10 bits per heavy atom. The fourth-order valence-corrected chi connectivity index (χ4v) is 2.41. The Balaban J connectivity index is 2.43. The predicted octanol–water partition coefficient (Wildman–Crippen LogP) is 4.12. The number of benzene rings is 2. The van der Waals surface area contributed by atoms with Gasteiger partial charge in [-0.25, -0.2) is 0 Å². The summed E-state index contributed by atoms with van der Waals surface area (Å²) in [5.41, 5.74) is 10.6. The molecule has 20 heavy (non-hydrogen) atoms. The highest BCUT2D eigenvalue weighted by Gasteiger charge is 2.10. The lowest BCUT2D eigenvalue weighted by molar-refractivity contribution is 0.416. The summed E-state index contributed by atoms with van der Waals surface area (Å²) in [5.74, 6) is 1.38. The Hall–Kier alpha value is -1.80. The Morgan fingerprint density at radius 3 is 2.40 bits per heavy atom. The van der Waals surface area contributed by atoms with Crippen LogP contribution >= 0.6 is 0 Å². The van der Waals surface area contributed by atoms with Crippen LogP contribution in [0.25, 0.3) is 11.1 Å². The van der Waals surface area contributed by atoms with E-state index in [2.05, 4.69) is 56.3 Å². The minimum Gasteiger partial charge on any atom is -0.496 e. The number of rotatable bonds is 5. The molecule has 2 rings (SSSR count). The van der Waals surface area contributed by atoms with Gasteiger partial charge in [0.05, 0.1) is 7.11 Å². The molecule has 2 nitrogen and oxygen atoms in total. The fourth-order valence-electron chi connectivity index (χ4n) is 2.41. The van der Waals surface area contributed by atoms with E-state index in [1.165, 1.54) is 16.7 Å². The maximum atomic E-state index is 5.66. The molecular formula is C18H23NO. The SMILES string of the molecule is COc1ccc(C(C)CCN)cc1-c1ccc(C)cc1. The molecule has 0 saturated carbocycles. The van der Waals surface area contributed by atoms with Gasteiger partial charge in [0, 0.05) is 5.56 Å². The Morgan fingerprint density at radius 2 is 1.80 bits per heavy atom. The maximum Gasteiger partial charge on any atom is 0.126 e. The number of methoxy groups -OCH3 is 1. The van der Waals surface area contributed by atoms with Crippen molar-refractivity contribution < 1.29 is 4.74 Å². The second kappa shape index (κ2) is 6.58. The van der Waals surface area contributed by atoms with Crippen molar-refractivity contribution in [3.63, 3.8) is 0 Å². The number of ether oxygens (including phenoxy) is 1. The predicted molar refractivity (Wildman–Crippen MR) is 85.3 cm³/mol. The van der Waals surface area contributed by atoms with Crippen LogP contribution in [0.1, 0.15) is 30.4 Å². The fraction of sp³-hybridized carbons (Fsp3) is 0.333. The minimum absolute atomic E-state index is 0.468. The molecule has 2 aromatic carbocycles. The van der Waals surface area contributed by atoms with E-state index in [4.69, 9.17) is 10.5 Å². The lowest BCUT2D eigenvalue weighted by Gasteiger charge is -2.15. The van der Waals surface area contributed by atoms with Gasteiger partial charge in [-0.3, -0.25) is 0 Å². The van der Waals surface area contributed by atoms with E-state index in [-0.39, 0.29) is 0 Å². The van der Waals surface area contributed by atoms with Gasteiger partial charge >= 0.3 is 0 Å². The molecule has 0 aliphatic heterocycles. The molecule has 0 heterocycles. The molecule has 0 aliphatic carbocycles. The number of nitrogens with two attached hydrogens (primary N) is 1. The molecule has 0 saturated heterocycles. The van der Waals surface area contributed by atoms with Crippen LogP contribution < -0.4 is 10.5 Å². The quantitative estimate of drug-likeness (QED) is 0.886. The van der Waals surface area contributed by atoms with Crippen LogP contribution in [0.15, 0.2) is 42.5 Å². The van der Waals surface area contributed by atoms with Gasteiger partial charge in [-0.15, -0.1) is 0 Å². The van der Waals surface area contributed by atoms with Gasteiger partial charge in [0.1, 0.15) is 5.75 Å². The third-order valence-electron chi connectivity index (χ3n) is 3.75. The van der Waals surface area contributed by atoms with Gasteiger partial charge in [-0.1, -0.05) is 42.8 Å². The highest BCUT2D eigenvalue weighted by atomic mass is 16.5. The number of hydrogen-bond acceptors (Lipinski definition) is 2. The van der Waals surface area contributed by atoms with Crippen molar-refractivity contribution in [3.8, 4) is 16.9 Å². The molecule has 0 bridgehead atoms. The summed E-state index contributed by atoms with van der Waals surface area (Å²) in [5, 5.41) is 0. The van der Waals surface area contributed by atoms with E-state index >= 15 is 0 Å². The second-order valence-corrected chi connectivity index (χ2v) is 5.30. The van der Waals surface area contributed by atoms with Crippen LogP contribution in [0.4, 0.5) is 0 Å². The summed E-state index contributed by atoms with van der Waals surface area (Å²) >= 11 is 0. The molecular weight excluding hydrogens is 246 g/mol. The van der Waals surface area contributed by atoms with Gasteiger partial charge in [-0.05, 0) is 49.1 Å². The summed E-state index contributed by atoms with van der Waals surface area (Å²) in [6, 6.07) is 15.0. The van der Waals surface area contributed by atoms with Crippen LogP contribution in [-0.2, 0) is 0 Å². The smallest absolute Gasteiger partial charge is 0.126 e. The molecule has 1 atom stereocenters. The van der Waals surface area contributed by atoms with Gasteiger partial charge < -0.3 is 10.5 Å². The molecule has 0 spiro atoms. The zero-order valence-corrected chi connectivity index (χ0v) is 12.5. The number of hydrogen-bond donors (Lipinski definition) is 1. The van der Waals surface area contributed by atoms with E-state index < -0.39 is 0 Å². The first-order chi connectivity index (χ1) is 9.65. The van der Waals surface area contributed by atoms with Crippen molar-refractivity contribution in [3.05, 3.63) is 53.6 Å². The molecule has 0 fully saturated rings. The van der Waals surface area contributed by atoms with Gasteiger partial charge in [-0.2, -0.15) is 0 Å². The lowest BCUT2D eigenvalue weighted by Crippen LogP contribution is -2.04. The van der Waals surface area contributed by atoms with Crippen LogP contribution in [0.3, 0.4) is 0 Å². The highest BCUT2D eigenvalue weighted by molar-refractivity contribution is 5.71. The molecule has 106 valence electrons. The average molecular weight is 269 g/mol. The molecule has 0 aromatic heterocycles. The highest BCUT2D eigenvalue weighted by Crippen LogP contribution is 2.33. The van der Waals surface area contributed by atoms with Crippen molar-refractivity contribution in [2.75, 3.05) is 13.7 Å². The third-order valence-corrected chi connectivity index (χ3v) is 3.75. The van der Waals surface area contributed by atoms with Crippen molar-refractivity contribution >= 4 is 0 Å². The molecule has 1 unspecified atom stereocenters. The molecule has 2 heteroatoms. The Labute approximate surface area is 121 Å². The van der Waals surface area contributed by atoms with Gasteiger partial charge in [0.2, 0.25) is 0 Å². The molecule has 0 radical (unpaired) electrons. The summed E-state index contributed by atoms with van der Waals surface area (Å²) in [6.45, 7) is 5.03. The van der Waals surface area contributed by atoms with E-state index in [1.54, 1.807) is 7.11 Å². The molecule has 0 amide bonds. The van der Waals surface area contributed by atoms with Crippen LogP contribution in [-0.4, -0.2) is 13.7 Å². The first-order valence-corrected chi connectivity index (χ1v) is 7.10. The van der Waals surface area contributed by atoms with Gasteiger partial charge in [0.15, 0.2) is 0 Å². The number of aryl methyl sites for hydroxylation is 1. The van der Waals surface area contributed by atoms with Crippen molar-refractivity contribution in [2.24, 2.45) is 5.73 Å².